The lowest BCUT2D eigenvalue weighted by Gasteiger charge is -2.10. The van der Waals surface area contributed by atoms with Crippen molar-refractivity contribution in [3.05, 3.63) is 60.0 Å². The van der Waals surface area contributed by atoms with Crippen molar-refractivity contribution in [3.8, 4) is 22.6 Å². The van der Waals surface area contributed by atoms with Gasteiger partial charge in [0.1, 0.15) is 4.90 Å². The number of nitrogens with zero attached hydrogens (tertiary/aromatic N) is 3. The molecule has 0 bridgehead atoms. The molecule has 116 valence electrons. The molecule has 23 heavy (non-hydrogen) atoms. The molecule has 0 atom stereocenters. The Bertz CT molecular complexity index is 960. The SMILES string of the molecule is CS(=O)(=O)c1cnc(-c2cccnc2)nc1-c1ccccc1Cl. The van der Waals surface area contributed by atoms with Crippen molar-refractivity contribution >= 4 is 21.4 Å². The van der Waals surface area contributed by atoms with Gasteiger partial charge in [0.05, 0.1) is 16.9 Å². The zero-order chi connectivity index (χ0) is 16.4. The Hall–Kier alpha value is -2.31. The fraction of sp³-hybridized carbons (Fsp3) is 0.0625. The van der Waals surface area contributed by atoms with Crippen LogP contribution in [0.3, 0.4) is 0 Å². The molecule has 0 fully saturated rings. The average Bonchev–Trinajstić information content (AvgIpc) is 2.55. The van der Waals surface area contributed by atoms with Crippen molar-refractivity contribution in [3.63, 3.8) is 0 Å². The molecule has 0 saturated carbocycles. The number of hydrogen-bond acceptors (Lipinski definition) is 5. The van der Waals surface area contributed by atoms with Crippen molar-refractivity contribution in [1.82, 2.24) is 15.0 Å². The van der Waals surface area contributed by atoms with Crippen LogP contribution in [0, 0.1) is 0 Å². The van der Waals surface area contributed by atoms with E-state index >= 15 is 0 Å². The molecule has 7 heteroatoms. The summed E-state index contributed by atoms with van der Waals surface area (Å²) >= 11 is 6.21. The van der Waals surface area contributed by atoms with Crippen molar-refractivity contribution in [2.24, 2.45) is 0 Å². The van der Waals surface area contributed by atoms with E-state index in [1.165, 1.54) is 6.20 Å². The highest BCUT2D eigenvalue weighted by atomic mass is 35.5. The number of hydrogen-bond donors (Lipinski definition) is 0. The van der Waals surface area contributed by atoms with E-state index in [-0.39, 0.29) is 10.6 Å². The molecular formula is C16H12ClN3O2S. The molecular weight excluding hydrogens is 334 g/mol. The first-order chi connectivity index (χ1) is 11.0. The third-order valence-corrected chi connectivity index (χ3v) is 4.63. The normalized spacial score (nSPS) is 11.4. The molecule has 0 amide bonds. The van der Waals surface area contributed by atoms with Crippen LogP contribution in [0.25, 0.3) is 22.6 Å². The van der Waals surface area contributed by atoms with Gasteiger partial charge in [-0.3, -0.25) is 4.98 Å². The van der Waals surface area contributed by atoms with E-state index in [0.717, 1.165) is 6.26 Å². The fourth-order valence-electron chi connectivity index (χ4n) is 2.12. The quantitative estimate of drug-likeness (QED) is 0.728. The molecule has 0 saturated heterocycles. The number of rotatable bonds is 3. The topological polar surface area (TPSA) is 72.8 Å². The van der Waals surface area contributed by atoms with Crippen molar-refractivity contribution in [2.75, 3.05) is 6.26 Å². The summed E-state index contributed by atoms with van der Waals surface area (Å²) in [6.07, 6.45) is 5.69. The molecule has 5 nitrogen and oxygen atoms in total. The molecule has 0 radical (unpaired) electrons. The van der Waals surface area contributed by atoms with Crippen LogP contribution < -0.4 is 0 Å². The van der Waals surface area contributed by atoms with Crippen LogP contribution in [0.15, 0.2) is 59.9 Å². The Morgan fingerprint density at radius 2 is 1.83 bits per heavy atom. The number of pyridine rings is 1. The summed E-state index contributed by atoms with van der Waals surface area (Å²) in [5.74, 6) is 0.389. The lowest BCUT2D eigenvalue weighted by Crippen LogP contribution is -2.05. The Labute approximate surface area is 138 Å². The Balaban J connectivity index is 2.28. The zero-order valence-corrected chi connectivity index (χ0v) is 13.7. The Morgan fingerprint density at radius 1 is 1.04 bits per heavy atom. The highest BCUT2D eigenvalue weighted by molar-refractivity contribution is 7.90. The van der Waals surface area contributed by atoms with Crippen LogP contribution in [0.5, 0.6) is 0 Å². The van der Waals surface area contributed by atoms with Gasteiger partial charge in [-0.05, 0) is 18.2 Å². The molecule has 0 unspecified atom stereocenters. The van der Waals surface area contributed by atoms with E-state index in [1.807, 2.05) is 0 Å². The van der Waals surface area contributed by atoms with Crippen molar-refractivity contribution in [1.29, 1.82) is 0 Å². The number of benzene rings is 1. The predicted octanol–water partition coefficient (Wildman–Crippen LogP) is 3.26. The molecule has 2 heterocycles. The highest BCUT2D eigenvalue weighted by Gasteiger charge is 2.20. The zero-order valence-electron chi connectivity index (χ0n) is 12.1. The summed E-state index contributed by atoms with van der Waals surface area (Å²) in [5, 5.41) is 0.424. The van der Waals surface area contributed by atoms with Gasteiger partial charge in [-0.2, -0.15) is 0 Å². The molecule has 3 rings (SSSR count). The van der Waals surface area contributed by atoms with Gasteiger partial charge in [0.2, 0.25) is 0 Å². The summed E-state index contributed by atoms with van der Waals surface area (Å²) in [6.45, 7) is 0. The second-order valence-corrected chi connectivity index (χ2v) is 7.29. The smallest absolute Gasteiger partial charge is 0.179 e. The van der Waals surface area contributed by atoms with Crippen molar-refractivity contribution < 1.29 is 8.42 Å². The minimum absolute atomic E-state index is 0.0400. The largest absolute Gasteiger partial charge is 0.264 e. The lowest BCUT2D eigenvalue weighted by molar-refractivity contribution is 0.601. The minimum atomic E-state index is -3.50. The van der Waals surface area contributed by atoms with Gasteiger partial charge in [-0.1, -0.05) is 29.8 Å². The molecule has 1 aromatic carbocycles. The summed E-state index contributed by atoms with van der Waals surface area (Å²) in [6, 6.07) is 10.5. The Morgan fingerprint density at radius 3 is 2.48 bits per heavy atom. The van der Waals surface area contributed by atoms with Crippen LogP contribution in [-0.2, 0) is 9.84 Å². The lowest BCUT2D eigenvalue weighted by atomic mass is 10.1. The van der Waals surface area contributed by atoms with Crippen LogP contribution in [0.1, 0.15) is 0 Å². The van der Waals surface area contributed by atoms with Gasteiger partial charge in [0, 0.05) is 29.8 Å². The van der Waals surface area contributed by atoms with E-state index in [1.54, 1.807) is 48.8 Å². The van der Waals surface area contributed by atoms with Gasteiger partial charge < -0.3 is 0 Å². The van der Waals surface area contributed by atoms with E-state index in [0.29, 0.717) is 22.0 Å². The maximum Gasteiger partial charge on any atom is 0.179 e. The number of aromatic nitrogens is 3. The molecule has 0 N–H and O–H groups in total. The molecule has 0 spiro atoms. The summed E-state index contributed by atoms with van der Waals surface area (Å²) in [4.78, 5) is 12.7. The minimum Gasteiger partial charge on any atom is -0.264 e. The van der Waals surface area contributed by atoms with Crippen LogP contribution in [0.2, 0.25) is 5.02 Å². The summed E-state index contributed by atoms with van der Waals surface area (Å²) < 4.78 is 24.1. The number of sulfone groups is 1. The van der Waals surface area contributed by atoms with E-state index in [2.05, 4.69) is 15.0 Å². The predicted molar refractivity (Wildman–Crippen MR) is 88.8 cm³/mol. The molecule has 0 aliphatic carbocycles. The van der Waals surface area contributed by atoms with E-state index < -0.39 is 9.84 Å². The second kappa shape index (κ2) is 6.06. The monoisotopic (exact) mass is 345 g/mol. The van der Waals surface area contributed by atoms with Gasteiger partial charge in [-0.25, -0.2) is 18.4 Å². The van der Waals surface area contributed by atoms with Gasteiger partial charge >= 0.3 is 0 Å². The summed E-state index contributed by atoms with van der Waals surface area (Å²) in [5.41, 5.74) is 1.52. The first-order valence-corrected chi connectivity index (χ1v) is 8.96. The van der Waals surface area contributed by atoms with Crippen molar-refractivity contribution in [2.45, 2.75) is 4.90 Å². The van der Waals surface area contributed by atoms with Crippen LogP contribution >= 0.6 is 11.6 Å². The summed E-state index contributed by atoms with van der Waals surface area (Å²) in [7, 11) is -3.50. The van der Waals surface area contributed by atoms with Crippen LogP contribution in [-0.4, -0.2) is 29.6 Å². The maximum absolute atomic E-state index is 12.1. The standard InChI is InChI=1S/C16H12ClN3O2S/c1-23(21,22)14-10-19-16(11-5-4-8-18-9-11)20-15(14)12-6-2-3-7-13(12)17/h2-10H,1H3. The van der Waals surface area contributed by atoms with Crippen LogP contribution in [0.4, 0.5) is 0 Å². The first-order valence-electron chi connectivity index (χ1n) is 6.69. The molecule has 3 aromatic rings. The maximum atomic E-state index is 12.1. The highest BCUT2D eigenvalue weighted by Crippen LogP contribution is 2.32. The van der Waals surface area contributed by atoms with E-state index in [4.69, 9.17) is 11.6 Å². The average molecular weight is 346 g/mol. The third-order valence-electron chi connectivity index (χ3n) is 3.20. The third kappa shape index (κ3) is 3.23. The van der Waals surface area contributed by atoms with Gasteiger partial charge in [-0.15, -0.1) is 0 Å². The molecule has 0 aliphatic rings. The van der Waals surface area contributed by atoms with Gasteiger partial charge in [0.25, 0.3) is 0 Å². The second-order valence-electron chi connectivity index (χ2n) is 4.90. The number of halogens is 1. The first kappa shape index (κ1) is 15.6. The van der Waals surface area contributed by atoms with Gasteiger partial charge in [0.15, 0.2) is 15.7 Å². The Kier molecular flexibility index (Phi) is 4.11. The van der Waals surface area contributed by atoms with E-state index in [9.17, 15) is 8.42 Å². The fourth-order valence-corrected chi connectivity index (χ4v) is 3.10. The molecule has 2 aromatic heterocycles. The molecule has 0 aliphatic heterocycles.